The molecule has 2 nitrogen and oxygen atoms in total. The van der Waals surface area contributed by atoms with E-state index in [0.29, 0.717) is 12.6 Å². The van der Waals surface area contributed by atoms with E-state index in [0.717, 1.165) is 18.4 Å². The molecule has 0 amide bonds. The summed E-state index contributed by atoms with van der Waals surface area (Å²) in [5.41, 5.74) is 2.18. The Bertz CT molecular complexity index is 429. The van der Waals surface area contributed by atoms with Gasteiger partial charge in [-0.05, 0) is 31.9 Å². The number of carbonyl (C=O) groups is 1. The lowest BCUT2D eigenvalue weighted by Crippen LogP contribution is -2.35. The predicted octanol–water partition coefficient (Wildman–Crippen LogP) is 4.48. The highest BCUT2D eigenvalue weighted by Crippen LogP contribution is 2.21. The summed E-state index contributed by atoms with van der Waals surface area (Å²) in [6, 6.07) is 8.78. The van der Waals surface area contributed by atoms with Crippen LogP contribution in [0, 0.1) is 0 Å². The fourth-order valence-corrected chi connectivity index (χ4v) is 3.29. The average Bonchev–Trinajstić information content (AvgIpc) is 2.77. The molecule has 1 saturated carbocycles. The molecule has 0 unspecified atom stereocenters. The largest absolute Gasteiger partial charge is 0.296 e. The number of Topliss-reactive ketones (excluding diaryl/α,β-unsaturated/α-hetero) is 1. The van der Waals surface area contributed by atoms with Gasteiger partial charge in [0.2, 0.25) is 0 Å². The van der Waals surface area contributed by atoms with Gasteiger partial charge in [-0.2, -0.15) is 0 Å². The number of rotatable bonds is 6. The van der Waals surface area contributed by atoms with Gasteiger partial charge in [0.25, 0.3) is 0 Å². The van der Waals surface area contributed by atoms with E-state index in [2.05, 4.69) is 31.0 Å². The number of hydrogen-bond donors (Lipinski definition) is 0. The van der Waals surface area contributed by atoms with Gasteiger partial charge in [0.15, 0.2) is 5.78 Å². The Hall–Kier alpha value is -1.15. The first-order chi connectivity index (χ1) is 10.2. The third-order valence-electron chi connectivity index (χ3n) is 4.66. The lowest BCUT2D eigenvalue weighted by Gasteiger charge is -2.26. The summed E-state index contributed by atoms with van der Waals surface area (Å²) in [7, 11) is 2.11. The van der Waals surface area contributed by atoms with Gasteiger partial charge in [-0.1, -0.05) is 63.3 Å². The number of nitrogens with zero attached hydrogens (tertiary/aromatic N) is 1. The van der Waals surface area contributed by atoms with Crippen molar-refractivity contribution >= 4 is 5.78 Å². The van der Waals surface area contributed by atoms with E-state index < -0.39 is 0 Å². The van der Waals surface area contributed by atoms with E-state index in [-0.39, 0.29) is 5.78 Å². The van der Waals surface area contributed by atoms with Crippen LogP contribution in [-0.4, -0.2) is 30.3 Å². The van der Waals surface area contributed by atoms with Gasteiger partial charge in [-0.3, -0.25) is 9.69 Å². The topological polar surface area (TPSA) is 20.3 Å². The molecule has 1 fully saturated rings. The van der Waals surface area contributed by atoms with Crippen molar-refractivity contribution in [2.75, 3.05) is 13.6 Å². The summed E-state index contributed by atoms with van der Waals surface area (Å²) >= 11 is 0. The quantitative estimate of drug-likeness (QED) is 0.568. The molecule has 116 valence electrons. The summed E-state index contributed by atoms with van der Waals surface area (Å²) in [6.45, 7) is 2.73. The van der Waals surface area contributed by atoms with E-state index in [4.69, 9.17) is 0 Å². The molecular formula is C19H29NO. The maximum Gasteiger partial charge on any atom is 0.176 e. The minimum Gasteiger partial charge on any atom is -0.296 e. The zero-order valence-electron chi connectivity index (χ0n) is 13.6. The zero-order valence-corrected chi connectivity index (χ0v) is 13.6. The lowest BCUT2D eigenvalue weighted by molar-refractivity contribution is 0.0912. The predicted molar refractivity (Wildman–Crippen MR) is 88.9 cm³/mol. The maximum atomic E-state index is 12.4. The number of likely N-dealkylation sites (N-methyl/N-ethyl adjacent to an activating group) is 1. The van der Waals surface area contributed by atoms with Crippen LogP contribution in [0.15, 0.2) is 24.3 Å². The number of hydrogen-bond acceptors (Lipinski definition) is 2. The van der Waals surface area contributed by atoms with Gasteiger partial charge in [-0.25, -0.2) is 0 Å². The minimum atomic E-state index is 0.254. The van der Waals surface area contributed by atoms with Gasteiger partial charge in [-0.15, -0.1) is 0 Å². The number of benzene rings is 1. The van der Waals surface area contributed by atoms with E-state index in [1.165, 1.54) is 44.1 Å². The number of aryl methyl sites for hydroxylation is 1. The molecule has 1 aliphatic rings. The highest BCUT2D eigenvalue weighted by Gasteiger charge is 2.19. The molecular weight excluding hydrogens is 258 g/mol. The Balaban J connectivity index is 1.90. The number of ketones is 1. The molecule has 0 heterocycles. The van der Waals surface area contributed by atoms with Crippen molar-refractivity contribution < 1.29 is 4.79 Å². The van der Waals surface area contributed by atoms with Crippen molar-refractivity contribution in [2.24, 2.45) is 0 Å². The molecule has 1 aromatic rings. The van der Waals surface area contributed by atoms with Crippen LogP contribution in [0.4, 0.5) is 0 Å². The Labute approximate surface area is 129 Å². The third kappa shape index (κ3) is 4.96. The minimum absolute atomic E-state index is 0.254. The second-order valence-electron chi connectivity index (χ2n) is 6.43. The molecule has 1 aromatic carbocycles. The second-order valence-corrected chi connectivity index (χ2v) is 6.43. The molecule has 0 N–H and O–H groups in total. The Kier molecular flexibility index (Phi) is 6.44. The first-order valence-corrected chi connectivity index (χ1v) is 8.53. The van der Waals surface area contributed by atoms with E-state index in [1.54, 1.807) is 0 Å². The molecule has 0 radical (unpaired) electrons. The van der Waals surface area contributed by atoms with Crippen molar-refractivity contribution in [3.63, 3.8) is 0 Å². The Morgan fingerprint density at radius 1 is 1.10 bits per heavy atom. The molecule has 0 aliphatic heterocycles. The molecule has 0 bridgehead atoms. The van der Waals surface area contributed by atoms with Crippen molar-refractivity contribution in [1.82, 2.24) is 4.90 Å². The monoisotopic (exact) mass is 287 g/mol. The van der Waals surface area contributed by atoms with Crippen LogP contribution < -0.4 is 0 Å². The highest BCUT2D eigenvalue weighted by molar-refractivity contribution is 5.97. The normalized spacial score (nSPS) is 16.9. The molecule has 2 heteroatoms. The number of carbonyl (C=O) groups excluding carboxylic acids is 1. The van der Waals surface area contributed by atoms with Crippen molar-refractivity contribution in [3.8, 4) is 0 Å². The standard InChI is InChI=1S/C19H29NO/c1-3-8-16-11-13-17(14-12-16)19(21)15-20(2)18-9-6-4-5-7-10-18/h11-14,18H,3-10,15H2,1-2H3. The van der Waals surface area contributed by atoms with Crippen LogP contribution in [-0.2, 0) is 6.42 Å². The molecule has 0 atom stereocenters. The average molecular weight is 287 g/mol. The first-order valence-electron chi connectivity index (χ1n) is 8.53. The van der Waals surface area contributed by atoms with E-state index in [1.807, 2.05) is 12.1 Å². The van der Waals surface area contributed by atoms with Crippen LogP contribution in [0.2, 0.25) is 0 Å². The van der Waals surface area contributed by atoms with Crippen molar-refractivity contribution in [3.05, 3.63) is 35.4 Å². The fraction of sp³-hybridized carbons (Fsp3) is 0.632. The summed E-state index contributed by atoms with van der Waals surface area (Å²) in [5.74, 6) is 0.254. The van der Waals surface area contributed by atoms with Gasteiger partial charge in [0.05, 0.1) is 6.54 Å². The van der Waals surface area contributed by atoms with Crippen LogP contribution >= 0.6 is 0 Å². The smallest absolute Gasteiger partial charge is 0.176 e. The zero-order chi connectivity index (χ0) is 15.1. The molecule has 1 aliphatic carbocycles. The van der Waals surface area contributed by atoms with Gasteiger partial charge in [0, 0.05) is 11.6 Å². The molecule has 21 heavy (non-hydrogen) atoms. The maximum absolute atomic E-state index is 12.4. The van der Waals surface area contributed by atoms with E-state index in [9.17, 15) is 4.79 Å². The van der Waals surface area contributed by atoms with Gasteiger partial charge in [0.1, 0.15) is 0 Å². The Morgan fingerprint density at radius 3 is 2.29 bits per heavy atom. The highest BCUT2D eigenvalue weighted by atomic mass is 16.1. The second kappa shape index (κ2) is 8.33. The third-order valence-corrected chi connectivity index (χ3v) is 4.66. The fourth-order valence-electron chi connectivity index (χ4n) is 3.29. The van der Waals surface area contributed by atoms with Gasteiger partial charge >= 0.3 is 0 Å². The van der Waals surface area contributed by atoms with Crippen molar-refractivity contribution in [1.29, 1.82) is 0 Å². The SMILES string of the molecule is CCCc1ccc(C(=O)CN(C)C2CCCCCC2)cc1. The molecule has 0 spiro atoms. The molecule has 0 saturated heterocycles. The summed E-state index contributed by atoms with van der Waals surface area (Å²) in [5, 5.41) is 0. The van der Waals surface area contributed by atoms with Crippen LogP contribution in [0.5, 0.6) is 0 Å². The van der Waals surface area contributed by atoms with Crippen LogP contribution in [0.1, 0.15) is 67.8 Å². The summed E-state index contributed by atoms with van der Waals surface area (Å²) in [6.07, 6.45) is 10.1. The van der Waals surface area contributed by atoms with Gasteiger partial charge < -0.3 is 0 Å². The van der Waals surface area contributed by atoms with E-state index >= 15 is 0 Å². The summed E-state index contributed by atoms with van der Waals surface area (Å²) in [4.78, 5) is 14.7. The Morgan fingerprint density at radius 2 is 1.71 bits per heavy atom. The summed E-state index contributed by atoms with van der Waals surface area (Å²) < 4.78 is 0. The first kappa shape index (κ1) is 16.2. The van der Waals surface area contributed by atoms with Crippen LogP contribution in [0.3, 0.4) is 0 Å². The molecule has 0 aromatic heterocycles. The van der Waals surface area contributed by atoms with Crippen molar-refractivity contribution in [2.45, 2.75) is 64.3 Å². The lowest BCUT2D eigenvalue weighted by atomic mass is 10.0. The van der Waals surface area contributed by atoms with Crippen LogP contribution in [0.25, 0.3) is 0 Å². The molecule has 2 rings (SSSR count).